The van der Waals surface area contributed by atoms with E-state index in [4.69, 9.17) is 9.26 Å². The summed E-state index contributed by atoms with van der Waals surface area (Å²) >= 11 is 1.34. The van der Waals surface area contributed by atoms with Crippen molar-refractivity contribution in [2.75, 3.05) is 25.1 Å². The first-order valence-corrected chi connectivity index (χ1v) is 18.6. The van der Waals surface area contributed by atoms with Gasteiger partial charge in [-0.3, -0.25) is 4.79 Å². The van der Waals surface area contributed by atoms with E-state index in [1.165, 1.54) is 30.6 Å². The van der Waals surface area contributed by atoms with E-state index in [-0.39, 0.29) is 22.9 Å². The number of thiophene rings is 1. The zero-order valence-electron chi connectivity index (χ0n) is 28.5. The van der Waals surface area contributed by atoms with Crippen LogP contribution in [0.2, 0.25) is 0 Å². The number of rotatable bonds is 11. The summed E-state index contributed by atoms with van der Waals surface area (Å²) in [6.07, 6.45) is -3.72. The van der Waals surface area contributed by atoms with Crippen LogP contribution in [0.1, 0.15) is 62.0 Å². The highest BCUT2D eigenvalue weighted by Gasteiger charge is 2.86. The third kappa shape index (κ3) is 6.63. The first kappa shape index (κ1) is 39.6. The molecule has 1 atom stereocenters. The largest absolute Gasteiger partial charge is 0.468 e. The van der Waals surface area contributed by atoms with E-state index < -0.39 is 56.6 Å². The normalized spacial score (nSPS) is 17.9. The van der Waals surface area contributed by atoms with E-state index in [0.29, 0.717) is 27.9 Å². The Morgan fingerprint density at radius 1 is 0.963 bits per heavy atom. The number of para-hydroxylation sites is 1. The molecule has 6 rings (SSSR count). The number of ether oxygens (including phenoxy) is 1. The number of carbonyl (C=O) groups excluding carboxylic acids is 1. The maximum Gasteiger partial charge on any atom is 0.460 e. The van der Waals surface area contributed by atoms with Gasteiger partial charge in [0.2, 0.25) is 0 Å². The molecule has 4 heterocycles. The summed E-state index contributed by atoms with van der Waals surface area (Å²) in [7, 11) is -5.85. The number of alkyl halides is 9. The van der Waals surface area contributed by atoms with Crippen LogP contribution in [-0.2, 0) is 19.6 Å². The lowest BCUT2D eigenvalue weighted by Crippen LogP contribution is -2.63. The van der Waals surface area contributed by atoms with Gasteiger partial charge in [-0.2, -0.15) is 47.9 Å². The highest BCUT2D eigenvalue weighted by atomic mass is 32.2. The van der Waals surface area contributed by atoms with E-state index in [0.717, 1.165) is 55.8 Å². The molecule has 1 aliphatic heterocycles. The minimum Gasteiger partial charge on any atom is -0.468 e. The molecule has 54 heavy (non-hydrogen) atoms. The molecule has 4 aromatic rings. The van der Waals surface area contributed by atoms with Crippen LogP contribution >= 0.6 is 11.3 Å². The summed E-state index contributed by atoms with van der Waals surface area (Å²) in [6, 6.07) is 9.07. The number of benzene rings is 1. The highest BCUT2D eigenvalue weighted by molar-refractivity contribution is 7.88. The van der Waals surface area contributed by atoms with Gasteiger partial charge in [0.05, 0.1) is 17.5 Å². The van der Waals surface area contributed by atoms with Crippen molar-refractivity contribution in [3.8, 4) is 17.0 Å². The van der Waals surface area contributed by atoms with Gasteiger partial charge in [-0.1, -0.05) is 31.1 Å². The minimum atomic E-state index is -7.44. The van der Waals surface area contributed by atoms with Crippen LogP contribution in [0.5, 0.6) is 5.75 Å². The van der Waals surface area contributed by atoms with Crippen LogP contribution in [0.25, 0.3) is 21.5 Å². The Bertz CT molecular complexity index is 2140. The summed E-state index contributed by atoms with van der Waals surface area (Å²) in [6.45, 7) is 5.21. The van der Waals surface area contributed by atoms with E-state index in [1.807, 2.05) is 19.9 Å². The Morgan fingerprint density at radius 3 is 2.22 bits per heavy atom. The predicted molar refractivity (Wildman–Crippen MR) is 175 cm³/mol. The monoisotopic (exact) mass is 814 g/mol. The number of nitrogens with zero attached hydrogens (tertiary/aromatic N) is 4. The molecule has 1 unspecified atom stereocenters. The van der Waals surface area contributed by atoms with Crippen molar-refractivity contribution < 1.29 is 66.2 Å². The Hall–Kier alpha value is -4.14. The van der Waals surface area contributed by atoms with Crippen molar-refractivity contribution in [3.05, 3.63) is 53.1 Å². The van der Waals surface area contributed by atoms with Gasteiger partial charge in [0.15, 0.2) is 17.3 Å². The molecule has 3 aromatic heterocycles. The maximum atomic E-state index is 14.4. The molecule has 21 heteroatoms. The van der Waals surface area contributed by atoms with Crippen LogP contribution in [0.4, 0.5) is 45.3 Å². The van der Waals surface area contributed by atoms with Gasteiger partial charge in [0, 0.05) is 29.6 Å². The molecule has 10 nitrogen and oxygen atoms in total. The first-order chi connectivity index (χ1) is 25.0. The summed E-state index contributed by atoms with van der Waals surface area (Å²) in [5.74, 6) is -15.8. The standard InChI is InChI=1S/C33H31F9N4O6S2/c1-17(2)27(28(47)50-3)23-14-26(45-51-23)46-10-8-29(9-11-46)15-18(16-29)24-13-21-25(53-24)12-20(43-44-21)19-6-4-5-7-22(19)52-54(48,49)33(41,42)31(36,37)30(34,35)32(38,39)40/h4-7,12-14,17-18,27H,8-11,15-16H2,1-3H3. The van der Waals surface area contributed by atoms with Crippen molar-refractivity contribution in [2.24, 2.45) is 11.3 Å². The average Bonchev–Trinajstić information content (AvgIpc) is 3.73. The fourth-order valence-corrected chi connectivity index (χ4v) is 8.91. The second kappa shape index (κ2) is 13.6. The van der Waals surface area contributed by atoms with Crippen LogP contribution < -0.4 is 9.08 Å². The van der Waals surface area contributed by atoms with E-state index in [2.05, 4.69) is 24.4 Å². The Morgan fingerprint density at radius 2 is 1.61 bits per heavy atom. The lowest BCUT2D eigenvalue weighted by Gasteiger charge is -2.52. The molecule has 2 fully saturated rings. The molecule has 1 saturated heterocycles. The molecule has 0 bridgehead atoms. The number of aromatic nitrogens is 3. The fourth-order valence-electron chi connectivity index (χ4n) is 6.85. The molecule has 1 aromatic carbocycles. The maximum absolute atomic E-state index is 14.4. The van der Waals surface area contributed by atoms with Gasteiger partial charge in [-0.15, -0.1) is 21.5 Å². The lowest BCUT2D eigenvalue weighted by atomic mass is 9.57. The van der Waals surface area contributed by atoms with Crippen molar-refractivity contribution >= 4 is 43.5 Å². The zero-order valence-corrected chi connectivity index (χ0v) is 30.1. The Kier molecular flexibility index (Phi) is 9.93. The third-order valence-corrected chi connectivity index (χ3v) is 12.5. The predicted octanol–water partition coefficient (Wildman–Crippen LogP) is 8.56. The zero-order chi connectivity index (χ0) is 39.6. The van der Waals surface area contributed by atoms with Crippen LogP contribution in [-0.4, -0.2) is 73.2 Å². The van der Waals surface area contributed by atoms with Crippen LogP contribution in [0, 0.1) is 11.3 Å². The van der Waals surface area contributed by atoms with Crippen molar-refractivity contribution in [2.45, 2.75) is 74.6 Å². The topological polar surface area (TPSA) is 125 Å². The average molecular weight is 815 g/mol. The van der Waals surface area contributed by atoms with Gasteiger partial charge in [0.25, 0.3) is 0 Å². The highest BCUT2D eigenvalue weighted by Crippen LogP contribution is 2.59. The van der Waals surface area contributed by atoms with Gasteiger partial charge < -0.3 is 18.3 Å². The number of hydrogen-bond acceptors (Lipinski definition) is 11. The van der Waals surface area contributed by atoms with E-state index in [9.17, 15) is 52.7 Å². The van der Waals surface area contributed by atoms with E-state index in [1.54, 1.807) is 6.07 Å². The van der Waals surface area contributed by atoms with E-state index >= 15 is 0 Å². The molecule has 1 aliphatic carbocycles. The third-order valence-electron chi connectivity index (χ3n) is 9.94. The number of carbonyl (C=O) groups is 1. The Balaban J connectivity index is 1.14. The molecular formula is C33H31F9N4O6S2. The fraction of sp³-hybridized carbons (Fsp3) is 0.515. The minimum absolute atomic E-state index is 0.0585. The summed E-state index contributed by atoms with van der Waals surface area (Å²) in [5, 5.41) is 5.23. The second-order valence-electron chi connectivity index (χ2n) is 13.7. The summed E-state index contributed by atoms with van der Waals surface area (Å²) in [4.78, 5) is 15.3. The number of hydrogen-bond donors (Lipinski definition) is 0. The second-order valence-corrected chi connectivity index (χ2v) is 16.5. The number of methoxy groups -OCH3 is 1. The molecule has 1 spiro atoms. The number of anilines is 1. The molecule has 1 saturated carbocycles. The lowest BCUT2D eigenvalue weighted by molar-refractivity contribution is -0.382. The van der Waals surface area contributed by atoms with Crippen molar-refractivity contribution in [1.29, 1.82) is 0 Å². The smallest absolute Gasteiger partial charge is 0.460 e. The molecular weight excluding hydrogens is 784 g/mol. The van der Waals surface area contributed by atoms with Crippen molar-refractivity contribution in [1.82, 2.24) is 15.4 Å². The number of esters is 1. The van der Waals surface area contributed by atoms with Crippen LogP contribution in [0.15, 0.2) is 47.0 Å². The molecule has 294 valence electrons. The molecule has 0 radical (unpaired) electrons. The van der Waals surface area contributed by atoms with Crippen molar-refractivity contribution in [3.63, 3.8) is 0 Å². The SMILES string of the molecule is COC(=O)C(c1cc(N2CCC3(CC2)CC(c2cc4nnc(-c5ccccc5OS(=O)(=O)C(F)(F)C(F)(F)C(F)(F)C(F)(F)F)cc4s2)C3)no1)C(C)C. The van der Waals surface area contributed by atoms with Gasteiger partial charge >= 0.3 is 39.4 Å². The van der Waals surface area contributed by atoms with Gasteiger partial charge in [0.1, 0.15) is 11.4 Å². The number of fused-ring (bicyclic) bond motifs is 1. The summed E-state index contributed by atoms with van der Waals surface area (Å²) < 4.78 is 161. The Labute approximate surface area is 305 Å². The first-order valence-electron chi connectivity index (χ1n) is 16.3. The summed E-state index contributed by atoms with van der Waals surface area (Å²) in [5.41, 5.74) is -0.0599. The number of piperidine rings is 1. The van der Waals surface area contributed by atoms with Crippen LogP contribution in [0.3, 0.4) is 0 Å². The molecule has 0 N–H and O–H groups in total. The van der Waals surface area contributed by atoms with Gasteiger partial charge in [-0.25, -0.2) is 0 Å². The quantitative estimate of drug-likeness (QED) is 0.0827. The molecule has 0 amide bonds. The van der Waals surface area contributed by atoms with Gasteiger partial charge in [-0.05, 0) is 67.2 Å². The molecule has 2 aliphatic rings. The number of halogens is 9.